The minimum Gasteiger partial charge on any atom is -0.387 e. The fraction of sp³-hybridized carbons (Fsp3) is 0.500. The highest BCUT2D eigenvalue weighted by Crippen LogP contribution is 2.00. The van der Waals surface area contributed by atoms with Gasteiger partial charge in [-0.3, -0.25) is 4.11 Å². The van der Waals surface area contributed by atoms with Crippen LogP contribution < -0.4 is 5.19 Å². The molecule has 1 aromatic rings. The van der Waals surface area contributed by atoms with E-state index in [9.17, 15) is 4.11 Å². The van der Waals surface area contributed by atoms with Gasteiger partial charge < -0.3 is 4.43 Å². The van der Waals surface area contributed by atoms with Crippen LogP contribution in [0.3, 0.4) is 0 Å². The average Bonchev–Trinajstić information content (AvgIpc) is 2.30. The summed E-state index contributed by atoms with van der Waals surface area (Å²) in [6.45, 7) is 2.72. The van der Waals surface area contributed by atoms with Crippen molar-refractivity contribution in [3.63, 3.8) is 0 Å². The van der Waals surface area contributed by atoms with Gasteiger partial charge in [0.15, 0.2) is 0 Å². The highest BCUT2D eigenvalue weighted by Gasteiger charge is 2.15. The molecule has 0 saturated heterocycles. The molecule has 1 rings (SSSR count). The molecule has 0 aromatic heterocycles. The third-order valence-electron chi connectivity index (χ3n) is 2.23. The topological polar surface area (TPSA) is 9.23 Å². The van der Waals surface area contributed by atoms with E-state index in [0.29, 0.717) is 11.8 Å². The lowest BCUT2D eigenvalue weighted by Gasteiger charge is -2.06. The zero-order chi connectivity index (χ0) is 10.9. The van der Waals surface area contributed by atoms with Gasteiger partial charge in [-0.25, -0.2) is 0 Å². The van der Waals surface area contributed by atoms with Crippen molar-refractivity contribution in [3.05, 3.63) is 30.3 Å². The predicted octanol–water partition coefficient (Wildman–Crippen LogP) is 2.95. The quantitative estimate of drug-likeness (QED) is 0.394. The van der Waals surface area contributed by atoms with Gasteiger partial charge in [0.25, 0.3) is 0 Å². The van der Waals surface area contributed by atoms with Gasteiger partial charge in [0.1, 0.15) is 0 Å². The van der Waals surface area contributed by atoms with Crippen LogP contribution in [-0.4, -0.2) is 16.0 Å². The Labute approximate surface area is 93.2 Å². The van der Waals surface area contributed by atoms with Crippen molar-refractivity contribution in [1.29, 1.82) is 0 Å². The Balaban J connectivity index is 2.16. The maximum Gasteiger partial charge on any atom is 0.469 e. The number of hydrogen-bond donors (Lipinski definition) is 0. The highest BCUT2D eigenvalue weighted by atomic mass is 28.3. The van der Waals surface area contributed by atoms with E-state index in [1.165, 1.54) is 12.8 Å². The maximum absolute atomic E-state index is 13.5. The third kappa shape index (κ3) is 5.09. The Hall–Kier alpha value is -0.673. The molecule has 0 saturated carbocycles. The average molecular weight is 225 g/mol. The molecule has 0 N–H and O–H groups in total. The van der Waals surface area contributed by atoms with Crippen LogP contribution in [0, 0.1) is 0 Å². The molecule has 0 amide bonds. The summed E-state index contributed by atoms with van der Waals surface area (Å²) in [5, 5.41) is 0.706. The molecule has 0 aliphatic rings. The van der Waals surface area contributed by atoms with E-state index in [2.05, 4.69) is 6.92 Å². The fourth-order valence-corrected chi connectivity index (χ4v) is 2.29. The molecule has 15 heavy (non-hydrogen) atoms. The number of hydrogen-bond acceptors (Lipinski definition) is 1. The number of unbranched alkanes of at least 4 members (excludes halogenated alkanes) is 3. The van der Waals surface area contributed by atoms with Crippen LogP contribution >= 0.6 is 0 Å². The second-order valence-electron chi connectivity index (χ2n) is 3.55. The summed E-state index contributed by atoms with van der Waals surface area (Å²) in [5.41, 5.74) is 0. The first kappa shape index (κ1) is 12.4. The lowest BCUT2D eigenvalue weighted by molar-refractivity contribution is 0.288. The van der Waals surface area contributed by atoms with Gasteiger partial charge in [0.05, 0.1) is 0 Å². The van der Waals surface area contributed by atoms with Crippen LogP contribution in [0.25, 0.3) is 0 Å². The zero-order valence-corrected chi connectivity index (χ0v) is 10.2. The smallest absolute Gasteiger partial charge is 0.387 e. The summed E-state index contributed by atoms with van der Waals surface area (Å²) >= 11 is 0. The summed E-state index contributed by atoms with van der Waals surface area (Å²) in [5.74, 6) is 0. The normalized spacial score (nSPS) is 10.9. The molecule has 0 aliphatic carbocycles. The van der Waals surface area contributed by atoms with E-state index < -0.39 is 9.37 Å². The molecular weight excluding hydrogens is 207 g/mol. The van der Waals surface area contributed by atoms with Crippen molar-refractivity contribution in [2.45, 2.75) is 32.6 Å². The SMILES string of the molecule is CCCCCCO[Si](F)c1ccccc1. The Bertz CT molecular complexity index is 253. The van der Waals surface area contributed by atoms with Crippen LogP contribution in [0.2, 0.25) is 0 Å². The fourth-order valence-electron chi connectivity index (χ4n) is 1.34. The van der Waals surface area contributed by atoms with E-state index in [-0.39, 0.29) is 0 Å². The molecule has 0 heterocycles. The molecule has 0 unspecified atom stereocenters. The second-order valence-corrected chi connectivity index (χ2v) is 4.96. The van der Waals surface area contributed by atoms with Crippen LogP contribution in [0.4, 0.5) is 4.11 Å². The largest absolute Gasteiger partial charge is 0.469 e. The van der Waals surface area contributed by atoms with Gasteiger partial charge in [0.2, 0.25) is 0 Å². The van der Waals surface area contributed by atoms with Gasteiger partial charge >= 0.3 is 9.37 Å². The molecule has 0 spiro atoms. The van der Waals surface area contributed by atoms with Crippen molar-refractivity contribution in [2.75, 3.05) is 6.61 Å². The zero-order valence-electron chi connectivity index (χ0n) is 9.21. The lowest BCUT2D eigenvalue weighted by Crippen LogP contribution is -2.29. The molecule has 0 aliphatic heterocycles. The van der Waals surface area contributed by atoms with Crippen LogP contribution in [0.15, 0.2) is 30.3 Å². The predicted molar refractivity (Wildman–Crippen MR) is 63.0 cm³/mol. The molecule has 83 valence electrons. The number of halogens is 1. The van der Waals surface area contributed by atoms with E-state index in [0.717, 1.165) is 12.8 Å². The highest BCUT2D eigenvalue weighted by molar-refractivity contribution is 6.60. The van der Waals surface area contributed by atoms with Crippen molar-refractivity contribution >= 4 is 14.6 Å². The Morgan fingerprint density at radius 3 is 2.53 bits per heavy atom. The van der Waals surface area contributed by atoms with Crippen molar-refractivity contribution in [3.8, 4) is 0 Å². The summed E-state index contributed by atoms with van der Waals surface area (Å²) < 4.78 is 18.7. The molecule has 1 aromatic carbocycles. The van der Waals surface area contributed by atoms with Gasteiger partial charge in [0, 0.05) is 6.61 Å². The van der Waals surface area contributed by atoms with Gasteiger partial charge in [-0.05, 0) is 11.6 Å². The molecular formula is C12H18FOSi. The van der Waals surface area contributed by atoms with Crippen molar-refractivity contribution in [2.24, 2.45) is 0 Å². The van der Waals surface area contributed by atoms with Crippen molar-refractivity contribution in [1.82, 2.24) is 0 Å². The molecule has 3 heteroatoms. The maximum atomic E-state index is 13.5. The molecule has 0 bridgehead atoms. The second kappa shape index (κ2) is 7.60. The first-order valence-corrected chi connectivity index (χ1v) is 6.84. The standard InChI is InChI=1S/C12H18FOSi/c1-2-3-4-8-11-14-15(13)12-9-6-5-7-10-12/h5-7,9-10H,2-4,8,11H2,1H3. The monoisotopic (exact) mass is 225 g/mol. The summed E-state index contributed by atoms with van der Waals surface area (Å²) in [6, 6.07) is 9.17. The molecule has 1 nitrogen and oxygen atoms in total. The Kier molecular flexibility index (Phi) is 6.28. The van der Waals surface area contributed by atoms with Gasteiger partial charge in [-0.15, -0.1) is 0 Å². The van der Waals surface area contributed by atoms with Crippen LogP contribution in [-0.2, 0) is 4.43 Å². The van der Waals surface area contributed by atoms with E-state index in [4.69, 9.17) is 4.43 Å². The van der Waals surface area contributed by atoms with Gasteiger partial charge in [-0.1, -0.05) is 56.5 Å². The van der Waals surface area contributed by atoms with Crippen molar-refractivity contribution < 1.29 is 8.53 Å². The number of rotatable bonds is 7. The van der Waals surface area contributed by atoms with Crippen LogP contribution in [0.5, 0.6) is 0 Å². The molecule has 0 fully saturated rings. The third-order valence-corrected chi connectivity index (χ3v) is 3.47. The summed E-state index contributed by atoms with van der Waals surface area (Å²) in [7, 11) is -2.25. The lowest BCUT2D eigenvalue weighted by atomic mass is 10.2. The van der Waals surface area contributed by atoms with E-state index in [1.54, 1.807) is 12.1 Å². The van der Waals surface area contributed by atoms with Crippen LogP contribution in [0.1, 0.15) is 32.6 Å². The van der Waals surface area contributed by atoms with E-state index in [1.807, 2.05) is 18.2 Å². The number of benzene rings is 1. The first-order valence-electron chi connectivity index (χ1n) is 5.55. The minimum absolute atomic E-state index is 0.555. The summed E-state index contributed by atoms with van der Waals surface area (Å²) in [4.78, 5) is 0. The Morgan fingerprint density at radius 2 is 1.87 bits per heavy atom. The minimum atomic E-state index is -2.25. The van der Waals surface area contributed by atoms with E-state index >= 15 is 0 Å². The molecule has 0 atom stereocenters. The van der Waals surface area contributed by atoms with Gasteiger partial charge in [-0.2, -0.15) is 0 Å². The first-order chi connectivity index (χ1) is 7.34. The summed E-state index contributed by atoms with van der Waals surface area (Å²) in [6.07, 6.45) is 4.52. The Morgan fingerprint density at radius 1 is 1.13 bits per heavy atom. The molecule has 1 radical (unpaired) electrons.